The number of ketones is 1. The predicted octanol–water partition coefficient (Wildman–Crippen LogP) is 4.26. The summed E-state index contributed by atoms with van der Waals surface area (Å²) in [6.07, 6.45) is 3.84. The SMILES string of the molecule is Cc1c(CN(C)C(=O)c2ccc(-c3ccc(C(=O)C4CC4)cc3)cc2)cnn1C. The highest BCUT2D eigenvalue weighted by Gasteiger charge is 2.30. The van der Waals surface area contributed by atoms with Gasteiger partial charge in [-0.1, -0.05) is 36.4 Å². The Morgan fingerprint density at radius 3 is 2.03 bits per heavy atom. The molecule has 0 N–H and O–H groups in total. The van der Waals surface area contributed by atoms with E-state index in [0.717, 1.165) is 40.8 Å². The molecule has 1 aliphatic carbocycles. The van der Waals surface area contributed by atoms with Crippen molar-refractivity contribution in [3.8, 4) is 11.1 Å². The lowest BCUT2D eigenvalue weighted by atomic mass is 10.00. The van der Waals surface area contributed by atoms with E-state index in [9.17, 15) is 9.59 Å². The minimum atomic E-state index is -0.0230. The van der Waals surface area contributed by atoms with Crippen molar-refractivity contribution in [3.05, 3.63) is 77.1 Å². The van der Waals surface area contributed by atoms with Crippen molar-refractivity contribution < 1.29 is 9.59 Å². The summed E-state index contributed by atoms with van der Waals surface area (Å²) >= 11 is 0. The predicted molar refractivity (Wildman–Crippen MR) is 113 cm³/mol. The molecule has 4 rings (SSSR count). The van der Waals surface area contributed by atoms with Gasteiger partial charge in [-0.05, 0) is 43.0 Å². The van der Waals surface area contributed by atoms with Crippen LogP contribution in [0.3, 0.4) is 0 Å². The van der Waals surface area contributed by atoms with E-state index < -0.39 is 0 Å². The van der Waals surface area contributed by atoms with Crippen LogP contribution in [0.4, 0.5) is 0 Å². The summed E-state index contributed by atoms with van der Waals surface area (Å²) in [6.45, 7) is 2.52. The van der Waals surface area contributed by atoms with E-state index in [1.54, 1.807) is 18.1 Å². The van der Waals surface area contributed by atoms with Gasteiger partial charge in [-0.25, -0.2) is 0 Å². The molecule has 29 heavy (non-hydrogen) atoms. The number of rotatable bonds is 6. The maximum Gasteiger partial charge on any atom is 0.253 e. The average molecular weight is 387 g/mol. The van der Waals surface area contributed by atoms with E-state index in [-0.39, 0.29) is 17.6 Å². The molecule has 148 valence electrons. The van der Waals surface area contributed by atoms with E-state index in [1.165, 1.54) is 0 Å². The van der Waals surface area contributed by atoms with Crippen LogP contribution in [0.1, 0.15) is 44.8 Å². The van der Waals surface area contributed by atoms with Gasteiger partial charge in [0, 0.05) is 48.9 Å². The van der Waals surface area contributed by atoms with Crippen LogP contribution in [0.25, 0.3) is 11.1 Å². The van der Waals surface area contributed by atoms with Crippen LogP contribution in [-0.2, 0) is 13.6 Å². The van der Waals surface area contributed by atoms with E-state index in [0.29, 0.717) is 12.1 Å². The van der Waals surface area contributed by atoms with Gasteiger partial charge in [-0.3, -0.25) is 14.3 Å². The maximum atomic E-state index is 12.8. The smallest absolute Gasteiger partial charge is 0.253 e. The summed E-state index contributed by atoms with van der Waals surface area (Å²) in [5.41, 5.74) is 5.60. The molecule has 1 fully saturated rings. The fourth-order valence-electron chi connectivity index (χ4n) is 3.46. The summed E-state index contributed by atoms with van der Waals surface area (Å²) in [5.74, 6) is 0.466. The molecule has 1 saturated carbocycles. The second-order valence-corrected chi connectivity index (χ2v) is 7.83. The zero-order valence-corrected chi connectivity index (χ0v) is 17.1. The van der Waals surface area contributed by atoms with Crippen LogP contribution < -0.4 is 0 Å². The zero-order chi connectivity index (χ0) is 20.5. The Hall–Kier alpha value is -3.21. The molecular weight excluding hydrogens is 362 g/mol. The van der Waals surface area contributed by atoms with Gasteiger partial charge >= 0.3 is 0 Å². The molecule has 1 aromatic heterocycles. The number of amides is 1. The fraction of sp³-hybridized carbons (Fsp3) is 0.292. The number of Topliss-reactive ketones (excluding diaryl/α,β-unsaturated/α-hetero) is 1. The number of nitrogens with zero attached hydrogens (tertiary/aromatic N) is 3. The molecular formula is C24H25N3O2. The second kappa shape index (κ2) is 7.66. The van der Waals surface area contributed by atoms with Gasteiger partial charge in [-0.15, -0.1) is 0 Å². The van der Waals surface area contributed by atoms with Crippen molar-refractivity contribution >= 4 is 11.7 Å². The largest absolute Gasteiger partial charge is 0.337 e. The third-order valence-corrected chi connectivity index (χ3v) is 5.67. The summed E-state index contributed by atoms with van der Waals surface area (Å²) in [7, 11) is 3.70. The first-order valence-corrected chi connectivity index (χ1v) is 9.91. The lowest BCUT2D eigenvalue weighted by Gasteiger charge is -2.17. The topological polar surface area (TPSA) is 55.2 Å². The molecule has 5 nitrogen and oxygen atoms in total. The van der Waals surface area contributed by atoms with Crippen LogP contribution >= 0.6 is 0 Å². The van der Waals surface area contributed by atoms with Crippen molar-refractivity contribution in [1.29, 1.82) is 0 Å². The van der Waals surface area contributed by atoms with E-state index in [4.69, 9.17) is 0 Å². The van der Waals surface area contributed by atoms with Crippen LogP contribution in [0.15, 0.2) is 54.7 Å². The van der Waals surface area contributed by atoms with Crippen molar-refractivity contribution in [2.75, 3.05) is 7.05 Å². The van der Waals surface area contributed by atoms with Gasteiger partial charge in [0.05, 0.1) is 6.20 Å². The molecule has 0 radical (unpaired) electrons. The summed E-state index contributed by atoms with van der Waals surface area (Å²) in [5, 5.41) is 4.23. The molecule has 1 amide bonds. The highest BCUT2D eigenvalue weighted by molar-refractivity contribution is 5.99. The van der Waals surface area contributed by atoms with Crippen molar-refractivity contribution in [2.24, 2.45) is 13.0 Å². The van der Waals surface area contributed by atoms with Gasteiger partial charge in [0.1, 0.15) is 0 Å². The minimum Gasteiger partial charge on any atom is -0.337 e. The molecule has 0 aliphatic heterocycles. The molecule has 0 unspecified atom stereocenters. The molecule has 0 spiro atoms. The normalized spacial score (nSPS) is 13.3. The zero-order valence-electron chi connectivity index (χ0n) is 17.1. The summed E-state index contributed by atoms with van der Waals surface area (Å²) < 4.78 is 1.81. The lowest BCUT2D eigenvalue weighted by Crippen LogP contribution is -2.26. The van der Waals surface area contributed by atoms with Crippen molar-refractivity contribution in [1.82, 2.24) is 14.7 Å². The molecule has 0 atom stereocenters. The van der Waals surface area contributed by atoms with Gasteiger partial charge < -0.3 is 4.90 Å². The molecule has 3 aromatic rings. The van der Waals surface area contributed by atoms with Crippen LogP contribution in [0.2, 0.25) is 0 Å². The highest BCUT2D eigenvalue weighted by Crippen LogP contribution is 2.33. The van der Waals surface area contributed by atoms with E-state index >= 15 is 0 Å². The third-order valence-electron chi connectivity index (χ3n) is 5.67. The Balaban J connectivity index is 1.44. The molecule has 0 bridgehead atoms. The number of benzene rings is 2. The Morgan fingerprint density at radius 1 is 1.00 bits per heavy atom. The summed E-state index contributed by atoms with van der Waals surface area (Å²) in [4.78, 5) is 26.6. The second-order valence-electron chi connectivity index (χ2n) is 7.83. The summed E-state index contributed by atoms with van der Waals surface area (Å²) in [6, 6.07) is 15.4. The maximum absolute atomic E-state index is 12.8. The van der Waals surface area contributed by atoms with Gasteiger partial charge in [0.15, 0.2) is 5.78 Å². The number of aromatic nitrogens is 2. The first-order chi connectivity index (χ1) is 13.9. The van der Waals surface area contributed by atoms with Crippen LogP contribution in [0, 0.1) is 12.8 Å². The Labute approximate surface area is 171 Å². The van der Waals surface area contributed by atoms with Crippen molar-refractivity contribution in [3.63, 3.8) is 0 Å². The Bertz CT molecular complexity index is 1040. The van der Waals surface area contributed by atoms with Crippen LogP contribution in [-0.4, -0.2) is 33.4 Å². The fourth-order valence-corrected chi connectivity index (χ4v) is 3.46. The lowest BCUT2D eigenvalue weighted by molar-refractivity contribution is 0.0784. The van der Waals surface area contributed by atoms with Gasteiger partial charge in [0.2, 0.25) is 0 Å². The van der Waals surface area contributed by atoms with Crippen LogP contribution in [0.5, 0.6) is 0 Å². The minimum absolute atomic E-state index is 0.0230. The average Bonchev–Trinajstić information content (AvgIpc) is 3.55. The highest BCUT2D eigenvalue weighted by atomic mass is 16.2. The van der Waals surface area contributed by atoms with E-state index in [1.807, 2.05) is 67.2 Å². The number of carbonyl (C=O) groups is 2. The number of hydrogen-bond donors (Lipinski definition) is 0. The quantitative estimate of drug-likeness (QED) is 0.594. The molecule has 1 heterocycles. The van der Waals surface area contributed by atoms with Gasteiger partial charge in [-0.2, -0.15) is 5.10 Å². The molecule has 5 heteroatoms. The Morgan fingerprint density at radius 2 is 1.55 bits per heavy atom. The van der Waals surface area contributed by atoms with Crippen molar-refractivity contribution in [2.45, 2.75) is 26.3 Å². The standard InChI is InChI=1S/C24H25N3O2/c1-16-22(14-25-27(16)3)15-26(2)24(29)21-12-6-18(7-13-21)17-4-8-19(9-5-17)23(28)20-10-11-20/h4-9,12-14,20H,10-11,15H2,1-3H3. The molecule has 0 saturated heterocycles. The number of aryl methyl sites for hydroxylation is 1. The third kappa shape index (κ3) is 3.99. The first kappa shape index (κ1) is 19.1. The molecule has 1 aliphatic rings. The van der Waals surface area contributed by atoms with E-state index in [2.05, 4.69) is 5.10 Å². The Kier molecular flexibility index (Phi) is 5.05. The van der Waals surface area contributed by atoms with Gasteiger partial charge in [0.25, 0.3) is 5.91 Å². The number of hydrogen-bond acceptors (Lipinski definition) is 3. The first-order valence-electron chi connectivity index (χ1n) is 9.91. The monoisotopic (exact) mass is 387 g/mol. The number of carbonyl (C=O) groups excluding carboxylic acids is 2. The molecule has 2 aromatic carbocycles.